The number of piperidine rings is 1. The highest BCUT2D eigenvalue weighted by Crippen LogP contribution is 2.28. The lowest BCUT2D eigenvalue weighted by Gasteiger charge is -2.35. The van der Waals surface area contributed by atoms with E-state index in [9.17, 15) is 18.4 Å². The number of halogens is 4. The average molecular weight is 483 g/mol. The topological polar surface area (TPSA) is 49.9 Å². The molecule has 5 nitrogen and oxygen atoms in total. The fourth-order valence-electron chi connectivity index (χ4n) is 4.22. The normalized spacial score (nSPS) is 19.3. The molecule has 2 heterocycles. The Bertz CT molecular complexity index is 1030. The molecule has 2 saturated heterocycles. The number of rotatable bonds is 4. The van der Waals surface area contributed by atoms with Crippen molar-refractivity contribution in [1.29, 1.82) is 0 Å². The Kier molecular flexibility index (Phi) is 6.86. The van der Waals surface area contributed by atoms with Crippen molar-refractivity contribution >= 4 is 35.0 Å². The lowest BCUT2D eigenvalue weighted by Crippen LogP contribution is -2.51. The summed E-state index contributed by atoms with van der Waals surface area (Å²) in [5, 5.41) is 0.655. The van der Waals surface area contributed by atoms with Crippen LogP contribution < -0.4 is 4.74 Å². The highest BCUT2D eigenvalue weighted by Gasteiger charge is 2.38. The standard InChI is InChI=1S/C23H22Cl2F2N2O3/c24-17-5-3-14(12-18(17)25)22(30)29-9-1-2-20(29)23(31)28-10-7-16(8-11-28)32-21-6-4-15(26)13-19(21)27/h3-6,12-13,16,20H,1-2,7-11H2. The van der Waals surface area contributed by atoms with Gasteiger partial charge in [0.05, 0.1) is 10.0 Å². The Morgan fingerprint density at radius 1 is 0.938 bits per heavy atom. The lowest BCUT2D eigenvalue weighted by atomic mass is 10.1. The van der Waals surface area contributed by atoms with E-state index in [2.05, 4.69) is 0 Å². The van der Waals surface area contributed by atoms with Gasteiger partial charge in [-0.25, -0.2) is 8.78 Å². The van der Waals surface area contributed by atoms with Crippen molar-refractivity contribution in [2.75, 3.05) is 19.6 Å². The minimum atomic E-state index is -0.745. The Labute approximate surface area is 194 Å². The van der Waals surface area contributed by atoms with Crippen LogP contribution in [-0.2, 0) is 4.79 Å². The number of carbonyl (C=O) groups excluding carboxylic acids is 2. The van der Waals surface area contributed by atoms with E-state index < -0.39 is 17.7 Å². The number of hydrogen-bond donors (Lipinski definition) is 0. The number of amides is 2. The lowest BCUT2D eigenvalue weighted by molar-refractivity contribution is -0.137. The molecule has 1 atom stereocenters. The number of benzene rings is 2. The van der Waals surface area contributed by atoms with E-state index in [-0.39, 0.29) is 23.7 Å². The van der Waals surface area contributed by atoms with Crippen LogP contribution in [0.2, 0.25) is 10.0 Å². The highest BCUT2D eigenvalue weighted by molar-refractivity contribution is 6.42. The molecule has 0 radical (unpaired) electrons. The van der Waals surface area contributed by atoms with Crippen LogP contribution in [-0.4, -0.2) is 53.4 Å². The zero-order valence-electron chi connectivity index (χ0n) is 17.2. The zero-order chi connectivity index (χ0) is 22.8. The minimum absolute atomic E-state index is 0.00497. The van der Waals surface area contributed by atoms with Crippen molar-refractivity contribution in [3.63, 3.8) is 0 Å². The summed E-state index contributed by atoms with van der Waals surface area (Å²) in [6.45, 7) is 1.38. The van der Waals surface area contributed by atoms with Gasteiger partial charge in [-0.3, -0.25) is 9.59 Å². The molecule has 2 aromatic carbocycles. The van der Waals surface area contributed by atoms with E-state index in [1.54, 1.807) is 21.9 Å². The molecule has 32 heavy (non-hydrogen) atoms. The molecular formula is C23H22Cl2F2N2O3. The van der Waals surface area contributed by atoms with Crippen molar-refractivity contribution < 1.29 is 23.1 Å². The second kappa shape index (κ2) is 9.63. The first kappa shape index (κ1) is 22.8. The van der Waals surface area contributed by atoms with Gasteiger partial charge in [-0.05, 0) is 43.2 Å². The summed E-state index contributed by atoms with van der Waals surface area (Å²) in [4.78, 5) is 29.5. The van der Waals surface area contributed by atoms with Gasteiger partial charge in [0.15, 0.2) is 11.6 Å². The molecule has 0 bridgehead atoms. The molecule has 0 aliphatic carbocycles. The molecule has 1 unspecified atom stereocenters. The van der Waals surface area contributed by atoms with Gasteiger partial charge in [0.2, 0.25) is 5.91 Å². The second-order valence-corrected chi connectivity index (χ2v) is 8.82. The molecule has 0 spiro atoms. The molecule has 0 aromatic heterocycles. The van der Waals surface area contributed by atoms with Crippen LogP contribution in [0, 0.1) is 11.6 Å². The van der Waals surface area contributed by atoms with Gasteiger partial charge in [-0.1, -0.05) is 23.2 Å². The van der Waals surface area contributed by atoms with Crippen LogP contribution in [0.15, 0.2) is 36.4 Å². The summed E-state index contributed by atoms with van der Waals surface area (Å²) in [5.41, 5.74) is 0.396. The number of carbonyl (C=O) groups is 2. The van der Waals surface area contributed by atoms with E-state index in [1.165, 1.54) is 12.1 Å². The van der Waals surface area contributed by atoms with Crippen LogP contribution >= 0.6 is 23.2 Å². The number of ether oxygens (including phenoxy) is 1. The van der Waals surface area contributed by atoms with Crippen molar-refractivity contribution in [1.82, 2.24) is 9.80 Å². The van der Waals surface area contributed by atoms with Crippen LogP contribution in [0.3, 0.4) is 0 Å². The third-order valence-electron chi connectivity index (χ3n) is 5.91. The van der Waals surface area contributed by atoms with E-state index in [0.717, 1.165) is 18.6 Å². The largest absolute Gasteiger partial charge is 0.487 e. The number of likely N-dealkylation sites (tertiary alicyclic amines) is 2. The second-order valence-electron chi connectivity index (χ2n) is 8.00. The van der Waals surface area contributed by atoms with Gasteiger partial charge in [0, 0.05) is 44.1 Å². The molecule has 2 aromatic rings. The third kappa shape index (κ3) is 4.84. The van der Waals surface area contributed by atoms with Gasteiger partial charge in [0.1, 0.15) is 18.0 Å². The summed E-state index contributed by atoms with van der Waals surface area (Å²) >= 11 is 12.0. The third-order valence-corrected chi connectivity index (χ3v) is 6.65. The van der Waals surface area contributed by atoms with Crippen LogP contribution in [0.5, 0.6) is 5.75 Å². The van der Waals surface area contributed by atoms with Gasteiger partial charge >= 0.3 is 0 Å². The molecule has 2 aliphatic heterocycles. The maximum Gasteiger partial charge on any atom is 0.254 e. The predicted molar refractivity (Wildman–Crippen MR) is 117 cm³/mol. The minimum Gasteiger partial charge on any atom is -0.487 e. The molecule has 0 N–H and O–H groups in total. The fraction of sp³-hybridized carbons (Fsp3) is 0.391. The smallest absolute Gasteiger partial charge is 0.254 e. The Morgan fingerprint density at radius 2 is 1.69 bits per heavy atom. The molecule has 4 rings (SSSR count). The van der Waals surface area contributed by atoms with Gasteiger partial charge in [-0.15, -0.1) is 0 Å². The van der Waals surface area contributed by atoms with E-state index in [0.29, 0.717) is 54.5 Å². The van der Waals surface area contributed by atoms with E-state index >= 15 is 0 Å². The van der Waals surface area contributed by atoms with Crippen molar-refractivity contribution in [2.24, 2.45) is 0 Å². The summed E-state index contributed by atoms with van der Waals surface area (Å²) in [6, 6.07) is 7.37. The van der Waals surface area contributed by atoms with Crippen LogP contribution in [0.4, 0.5) is 8.78 Å². The monoisotopic (exact) mass is 482 g/mol. The molecule has 170 valence electrons. The Balaban J connectivity index is 1.36. The SMILES string of the molecule is O=C(C1CCCN1C(=O)c1ccc(Cl)c(Cl)c1)N1CCC(Oc2ccc(F)cc2F)CC1. The first-order chi connectivity index (χ1) is 15.3. The Hall–Kier alpha value is -2.38. The molecule has 2 amide bonds. The fourth-order valence-corrected chi connectivity index (χ4v) is 4.51. The van der Waals surface area contributed by atoms with Crippen LogP contribution in [0.1, 0.15) is 36.0 Å². The predicted octanol–water partition coefficient (Wildman–Crippen LogP) is 4.95. The Morgan fingerprint density at radius 3 is 2.38 bits per heavy atom. The van der Waals surface area contributed by atoms with Gasteiger partial charge in [-0.2, -0.15) is 0 Å². The van der Waals surface area contributed by atoms with Gasteiger partial charge in [0.25, 0.3) is 5.91 Å². The number of nitrogens with zero attached hydrogens (tertiary/aromatic N) is 2. The van der Waals surface area contributed by atoms with Crippen LogP contribution in [0.25, 0.3) is 0 Å². The maximum atomic E-state index is 13.8. The molecule has 2 aliphatic rings. The molecule has 2 fully saturated rings. The zero-order valence-corrected chi connectivity index (χ0v) is 18.7. The van der Waals surface area contributed by atoms with Crippen molar-refractivity contribution in [3.8, 4) is 5.75 Å². The molecule has 9 heteroatoms. The van der Waals surface area contributed by atoms with Crippen molar-refractivity contribution in [3.05, 3.63) is 63.6 Å². The summed E-state index contributed by atoms with van der Waals surface area (Å²) < 4.78 is 32.6. The van der Waals surface area contributed by atoms with E-state index in [4.69, 9.17) is 27.9 Å². The van der Waals surface area contributed by atoms with E-state index in [1.807, 2.05) is 0 Å². The average Bonchev–Trinajstić information content (AvgIpc) is 3.27. The quantitative estimate of drug-likeness (QED) is 0.619. The summed E-state index contributed by atoms with van der Waals surface area (Å²) in [6.07, 6.45) is 2.12. The van der Waals surface area contributed by atoms with Gasteiger partial charge < -0.3 is 14.5 Å². The molecular weight excluding hydrogens is 461 g/mol. The summed E-state index contributed by atoms with van der Waals surface area (Å²) in [7, 11) is 0. The first-order valence-corrected chi connectivity index (χ1v) is 11.3. The summed E-state index contributed by atoms with van der Waals surface area (Å²) in [5.74, 6) is -1.74. The first-order valence-electron chi connectivity index (χ1n) is 10.5. The molecule has 0 saturated carbocycles. The maximum absolute atomic E-state index is 13.8. The highest BCUT2D eigenvalue weighted by atomic mass is 35.5. The number of hydrogen-bond acceptors (Lipinski definition) is 3. The van der Waals surface area contributed by atoms with Crippen molar-refractivity contribution in [2.45, 2.75) is 37.8 Å².